The van der Waals surface area contributed by atoms with E-state index in [1.54, 1.807) is 6.20 Å². The normalized spacial score (nSPS) is 10.3. The van der Waals surface area contributed by atoms with Crippen LogP contribution in [0.5, 0.6) is 0 Å². The predicted octanol–water partition coefficient (Wildman–Crippen LogP) is 1.93. The Balaban J connectivity index is 2.33. The molecule has 1 rings (SSSR count). The lowest BCUT2D eigenvalue weighted by Gasteiger charge is -2.08. The average molecular weight is 209 g/mol. The molecular formula is C11H19N3O. The first-order chi connectivity index (χ1) is 7.24. The first-order valence-corrected chi connectivity index (χ1v) is 5.36. The fraction of sp³-hybridized carbons (Fsp3) is 0.636. The highest BCUT2D eigenvalue weighted by molar-refractivity contribution is 5.39. The molecule has 0 spiro atoms. The van der Waals surface area contributed by atoms with Gasteiger partial charge in [-0.05, 0) is 27.2 Å². The number of hydrogen-bond donors (Lipinski definition) is 1. The number of aryl methyl sites for hydroxylation is 2. The van der Waals surface area contributed by atoms with Gasteiger partial charge in [0.15, 0.2) is 0 Å². The summed E-state index contributed by atoms with van der Waals surface area (Å²) in [6, 6.07) is 0. The van der Waals surface area contributed by atoms with Gasteiger partial charge in [0.1, 0.15) is 5.82 Å². The Hall–Kier alpha value is -1.16. The van der Waals surface area contributed by atoms with Crippen molar-refractivity contribution in [2.45, 2.75) is 27.2 Å². The monoisotopic (exact) mass is 209 g/mol. The van der Waals surface area contributed by atoms with E-state index in [-0.39, 0.29) is 0 Å². The van der Waals surface area contributed by atoms with Gasteiger partial charge in [-0.15, -0.1) is 0 Å². The van der Waals surface area contributed by atoms with Crippen LogP contribution in [0.1, 0.15) is 24.7 Å². The summed E-state index contributed by atoms with van der Waals surface area (Å²) in [6.45, 7) is 8.35. The lowest BCUT2D eigenvalue weighted by molar-refractivity contribution is 0.147. The van der Waals surface area contributed by atoms with Crippen molar-refractivity contribution in [2.24, 2.45) is 0 Å². The van der Waals surface area contributed by atoms with Crippen molar-refractivity contribution in [3.8, 4) is 0 Å². The molecule has 1 aromatic rings. The summed E-state index contributed by atoms with van der Waals surface area (Å²) in [4.78, 5) is 8.61. The van der Waals surface area contributed by atoms with E-state index >= 15 is 0 Å². The van der Waals surface area contributed by atoms with Crippen molar-refractivity contribution >= 4 is 5.82 Å². The van der Waals surface area contributed by atoms with Crippen molar-refractivity contribution in [1.82, 2.24) is 9.97 Å². The van der Waals surface area contributed by atoms with Gasteiger partial charge in [-0.1, -0.05) is 0 Å². The van der Waals surface area contributed by atoms with E-state index in [0.29, 0.717) is 0 Å². The number of ether oxygens (including phenoxy) is 1. The molecule has 0 saturated heterocycles. The third-order valence-corrected chi connectivity index (χ3v) is 2.04. The van der Waals surface area contributed by atoms with Gasteiger partial charge in [0.05, 0.1) is 11.4 Å². The first kappa shape index (κ1) is 11.9. The molecule has 0 atom stereocenters. The molecule has 15 heavy (non-hydrogen) atoms. The third-order valence-electron chi connectivity index (χ3n) is 2.04. The largest absolute Gasteiger partial charge is 0.382 e. The van der Waals surface area contributed by atoms with E-state index in [1.807, 2.05) is 20.8 Å². The molecule has 84 valence electrons. The van der Waals surface area contributed by atoms with Crippen LogP contribution in [0.15, 0.2) is 6.20 Å². The summed E-state index contributed by atoms with van der Waals surface area (Å²) in [6.07, 6.45) is 2.77. The van der Waals surface area contributed by atoms with Crippen LogP contribution in [0.2, 0.25) is 0 Å². The second-order valence-corrected chi connectivity index (χ2v) is 3.42. The summed E-state index contributed by atoms with van der Waals surface area (Å²) >= 11 is 0. The molecule has 0 aliphatic rings. The zero-order valence-corrected chi connectivity index (χ0v) is 9.71. The van der Waals surface area contributed by atoms with Crippen molar-refractivity contribution in [3.63, 3.8) is 0 Å². The summed E-state index contributed by atoms with van der Waals surface area (Å²) in [5.41, 5.74) is 1.88. The molecule has 0 aliphatic carbocycles. The zero-order chi connectivity index (χ0) is 11.1. The number of nitrogens with zero attached hydrogens (tertiary/aromatic N) is 2. The summed E-state index contributed by atoms with van der Waals surface area (Å²) in [5.74, 6) is 0.881. The van der Waals surface area contributed by atoms with Gasteiger partial charge >= 0.3 is 0 Å². The molecule has 1 N–H and O–H groups in total. The lowest BCUT2D eigenvalue weighted by Crippen LogP contribution is -2.09. The molecule has 1 aromatic heterocycles. The van der Waals surface area contributed by atoms with Gasteiger partial charge in [0, 0.05) is 26.0 Å². The van der Waals surface area contributed by atoms with Crippen LogP contribution in [-0.2, 0) is 4.74 Å². The Morgan fingerprint density at radius 2 is 2.20 bits per heavy atom. The zero-order valence-electron chi connectivity index (χ0n) is 9.71. The van der Waals surface area contributed by atoms with Crippen LogP contribution < -0.4 is 5.32 Å². The van der Waals surface area contributed by atoms with E-state index in [9.17, 15) is 0 Å². The number of hydrogen-bond acceptors (Lipinski definition) is 4. The quantitative estimate of drug-likeness (QED) is 0.727. The molecule has 4 nitrogen and oxygen atoms in total. The van der Waals surface area contributed by atoms with Crippen LogP contribution in [0.25, 0.3) is 0 Å². The van der Waals surface area contributed by atoms with Gasteiger partial charge in [-0.2, -0.15) is 0 Å². The average Bonchev–Trinajstić information content (AvgIpc) is 2.23. The molecule has 0 aromatic carbocycles. The van der Waals surface area contributed by atoms with E-state index in [0.717, 1.165) is 43.4 Å². The van der Waals surface area contributed by atoms with Gasteiger partial charge < -0.3 is 10.1 Å². The Kier molecular flexibility index (Phi) is 5.04. The molecular weight excluding hydrogens is 190 g/mol. The Labute approximate surface area is 91.1 Å². The highest BCUT2D eigenvalue weighted by Gasteiger charge is 2.00. The number of rotatable bonds is 6. The van der Waals surface area contributed by atoms with Crippen LogP contribution in [0.3, 0.4) is 0 Å². The molecule has 0 saturated carbocycles. The molecule has 0 bridgehead atoms. The number of anilines is 1. The van der Waals surface area contributed by atoms with Crippen LogP contribution in [0.4, 0.5) is 5.82 Å². The van der Waals surface area contributed by atoms with E-state index < -0.39 is 0 Å². The van der Waals surface area contributed by atoms with Gasteiger partial charge in [-0.3, -0.25) is 4.98 Å². The van der Waals surface area contributed by atoms with Crippen molar-refractivity contribution < 1.29 is 4.74 Å². The Morgan fingerprint density at radius 3 is 2.93 bits per heavy atom. The minimum absolute atomic E-state index is 0.781. The highest BCUT2D eigenvalue weighted by atomic mass is 16.5. The molecule has 0 aliphatic heterocycles. The Bertz CT molecular complexity index is 302. The lowest BCUT2D eigenvalue weighted by atomic mass is 10.4. The fourth-order valence-corrected chi connectivity index (χ4v) is 1.23. The fourth-order valence-electron chi connectivity index (χ4n) is 1.23. The standard InChI is InChI=1S/C11H19N3O/c1-4-15-7-5-6-12-11-10(3)13-8-9(2)14-11/h8H,4-7H2,1-3H3,(H,12,14). The molecule has 1 heterocycles. The molecule has 0 unspecified atom stereocenters. The first-order valence-electron chi connectivity index (χ1n) is 5.36. The highest BCUT2D eigenvalue weighted by Crippen LogP contribution is 2.08. The molecule has 0 amide bonds. The van der Waals surface area contributed by atoms with Gasteiger partial charge in [0.25, 0.3) is 0 Å². The van der Waals surface area contributed by atoms with Crippen LogP contribution in [-0.4, -0.2) is 29.7 Å². The van der Waals surface area contributed by atoms with Gasteiger partial charge in [-0.25, -0.2) is 4.98 Å². The smallest absolute Gasteiger partial charge is 0.147 e. The van der Waals surface area contributed by atoms with Crippen molar-refractivity contribution in [2.75, 3.05) is 25.1 Å². The topological polar surface area (TPSA) is 47.0 Å². The minimum Gasteiger partial charge on any atom is -0.382 e. The number of nitrogens with one attached hydrogen (secondary N) is 1. The predicted molar refractivity (Wildman–Crippen MR) is 61.1 cm³/mol. The summed E-state index contributed by atoms with van der Waals surface area (Å²) in [5, 5.41) is 3.26. The molecule has 4 heteroatoms. The van der Waals surface area contributed by atoms with E-state index in [4.69, 9.17) is 4.74 Å². The van der Waals surface area contributed by atoms with E-state index in [2.05, 4.69) is 15.3 Å². The Morgan fingerprint density at radius 1 is 1.40 bits per heavy atom. The summed E-state index contributed by atoms with van der Waals surface area (Å²) in [7, 11) is 0. The van der Waals surface area contributed by atoms with Crippen molar-refractivity contribution in [3.05, 3.63) is 17.6 Å². The summed E-state index contributed by atoms with van der Waals surface area (Å²) < 4.78 is 5.25. The van der Waals surface area contributed by atoms with Crippen molar-refractivity contribution in [1.29, 1.82) is 0 Å². The molecule has 0 radical (unpaired) electrons. The minimum atomic E-state index is 0.781. The van der Waals surface area contributed by atoms with Crippen LogP contribution in [0, 0.1) is 13.8 Å². The maximum absolute atomic E-state index is 5.25. The van der Waals surface area contributed by atoms with Gasteiger partial charge in [0.2, 0.25) is 0 Å². The second kappa shape index (κ2) is 6.35. The molecule has 0 fully saturated rings. The van der Waals surface area contributed by atoms with E-state index in [1.165, 1.54) is 0 Å². The second-order valence-electron chi connectivity index (χ2n) is 3.42. The number of aromatic nitrogens is 2. The SMILES string of the molecule is CCOCCCNc1nc(C)cnc1C. The third kappa shape index (κ3) is 4.25. The van der Waals surface area contributed by atoms with Crippen LogP contribution >= 0.6 is 0 Å². The maximum atomic E-state index is 5.25. The maximum Gasteiger partial charge on any atom is 0.147 e.